The zero-order valence-corrected chi connectivity index (χ0v) is 14.1. The van der Waals surface area contributed by atoms with Crippen LogP contribution in [0.4, 0.5) is 14.9 Å². The first kappa shape index (κ1) is 17.0. The predicted molar refractivity (Wildman–Crippen MR) is 89.5 cm³/mol. The molecular formula is C17H23FN4O. The van der Waals surface area contributed by atoms with Gasteiger partial charge in [-0.1, -0.05) is 13.8 Å². The average Bonchev–Trinajstić information content (AvgIpc) is 2.77. The van der Waals surface area contributed by atoms with Gasteiger partial charge >= 0.3 is 6.03 Å². The van der Waals surface area contributed by atoms with Gasteiger partial charge in [0, 0.05) is 17.4 Å². The monoisotopic (exact) mass is 318 g/mol. The largest absolute Gasteiger partial charge is 0.335 e. The van der Waals surface area contributed by atoms with Crippen LogP contribution in [0, 0.1) is 25.6 Å². The lowest BCUT2D eigenvalue weighted by molar-refractivity contribution is 0.246. The number of nitrogens with one attached hydrogen (secondary N) is 2. The first-order valence-corrected chi connectivity index (χ1v) is 7.68. The highest BCUT2D eigenvalue weighted by Gasteiger charge is 2.13. The minimum atomic E-state index is -0.439. The Hall–Kier alpha value is -2.37. The lowest BCUT2D eigenvalue weighted by Crippen LogP contribution is -2.39. The molecule has 0 aliphatic rings. The molecule has 2 N–H and O–H groups in total. The number of aromatic nitrogens is 2. The van der Waals surface area contributed by atoms with Gasteiger partial charge in [-0.2, -0.15) is 5.10 Å². The summed E-state index contributed by atoms with van der Waals surface area (Å²) in [6, 6.07) is 6.14. The average molecular weight is 318 g/mol. The molecular weight excluding hydrogens is 295 g/mol. The van der Waals surface area contributed by atoms with E-state index in [-0.39, 0.29) is 12.1 Å². The van der Waals surface area contributed by atoms with E-state index >= 15 is 0 Å². The molecule has 1 aromatic carbocycles. The van der Waals surface area contributed by atoms with E-state index in [0.29, 0.717) is 17.3 Å². The predicted octanol–water partition coefficient (Wildman–Crippen LogP) is 3.79. The first-order valence-electron chi connectivity index (χ1n) is 7.68. The van der Waals surface area contributed by atoms with Crippen molar-refractivity contribution < 1.29 is 9.18 Å². The fourth-order valence-electron chi connectivity index (χ4n) is 2.17. The molecule has 6 heteroatoms. The Balaban J connectivity index is 2.13. The number of hydrogen-bond acceptors (Lipinski definition) is 2. The van der Waals surface area contributed by atoms with Gasteiger partial charge in [-0.3, -0.25) is 0 Å². The maximum Gasteiger partial charge on any atom is 0.319 e. The number of hydrogen-bond donors (Lipinski definition) is 2. The van der Waals surface area contributed by atoms with Gasteiger partial charge in [-0.25, -0.2) is 13.9 Å². The topological polar surface area (TPSA) is 59.0 Å². The highest BCUT2D eigenvalue weighted by molar-refractivity contribution is 5.89. The molecule has 1 aromatic heterocycles. The lowest BCUT2D eigenvalue weighted by atomic mass is 10.1. The molecule has 23 heavy (non-hydrogen) atoms. The summed E-state index contributed by atoms with van der Waals surface area (Å²) in [5.41, 5.74) is 2.44. The fourth-order valence-corrected chi connectivity index (χ4v) is 2.17. The Kier molecular flexibility index (Phi) is 5.03. The minimum Gasteiger partial charge on any atom is -0.335 e. The molecule has 2 rings (SSSR count). The van der Waals surface area contributed by atoms with Crippen molar-refractivity contribution in [1.82, 2.24) is 15.1 Å². The van der Waals surface area contributed by atoms with Crippen molar-refractivity contribution in [2.24, 2.45) is 5.92 Å². The van der Waals surface area contributed by atoms with Gasteiger partial charge in [-0.15, -0.1) is 0 Å². The number of aryl methyl sites for hydroxylation is 2. The number of nitrogens with zero attached hydrogens (tertiary/aromatic N) is 2. The summed E-state index contributed by atoms with van der Waals surface area (Å²) in [5.74, 6) is -0.114. The molecule has 5 nitrogen and oxygen atoms in total. The minimum absolute atomic E-state index is 0.0359. The van der Waals surface area contributed by atoms with E-state index < -0.39 is 5.82 Å². The third-order valence-electron chi connectivity index (χ3n) is 3.80. The SMILES string of the molecule is Cc1cc(C)n(-c2ccc(NC(=O)NC(C)C(C)C)cc2F)n1. The smallest absolute Gasteiger partial charge is 0.319 e. The number of carbonyl (C=O) groups is 1. The molecule has 1 heterocycles. The number of carbonyl (C=O) groups excluding carboxylic acids is 1. The molecule has 0 saturated carbocycles. The number of anilines is 1. The van der Waals surface area contributed by atoms with Crippen LogP contribution < -0.4 is 10.6 Å². The van der Waals surface area contributed by atoms with Crippen LogP contribution in [0.3, 0.4) is 0 Å². The zero-order chi connectivity index (χ0) is 17.1. The molecule has 0 aliphatic carbocycles. The molecule has 2 aromatic rings. The molecule has 0 aliphatic heterocycles. The fraction of sp³-hybridized carbons (Fsp3) is 0.412. The highest BCUT2D eigenvalue weighted by atomic mass is 19.1. The van der Waals surface area contributed by atoms with Crippen molar-refractivity contribution in [3.05, 3.63) is 41.5 Å². The summed E-state index contributed by atoms with van der Waals surface area (Å²) in [7, 11) is 0. The number of urea groups is 1. The van der Waals surface area contributed by atoms with Crippen LogP contribution in [0.15, 0.2) is 24.3 Å². The molecule has 0 bridgehead atoms. The molecule has 2 amide bonds. The number of rotatable bonds is 4. The molecule has 0 saturated heterocycles. The van der Waals surface area contributed by atoms with Crippen LogP contribution in [0.1, 0.15) is 32.2 Å². The van der Waals surface area contributed by atoms with E-state index in [4.69, 9.17) is 0 Å². The summed E-state index contributed by atoms with van der Waals surface area (Å²) < 4.78 is 15.9. The summed E-state index contributed by atoms with van der Waals surface area (Å²) in [6.07, 6.45) is 0. The van der Waals surface area contributed by atoms with Crippen LogP contribution in [-0.2, 0) is 0 Å². The summed E-state index contributed by atoms with van der Waals surface area (Å²) >= 11 is 0. The van der Waals surface area contributed by atoms with Gasteiger partial charge < -0.3 is 10.6 Å². The van der Waals surface area contributed by atoms with E-state index in [0.717, 1.165) is 11.4 Å². The van der Waals surface area contributed by atoms with Crippen LogP contribution in [-0.4, -0.2) is 21.9 Å². The standard InChI is InChI=1S/C17H23FN4O/c1-10(2)13(5)19-17(23)20-14-6-7-16(15(18)9-14)22-12(4)8-11(3)21-22/h6-10,13H,1-5H3,(H2,19,20,23). The quantitative estimate of drug-likeness (QED) is 0.901. The van der Waals surface area contributed by atoms with Crippen LogP contribution in [0.5, 0.6) is 0 Å². The first-order chi connectivity index (χ1) is 10.8. The van der Waals surface area contributed by atoms with Gasteiger partial charge in [0.05, 0.1) is 5.69 Å². The maximum atomic E-state index is 14.3. The second kappa shape index (κ2) is 6.81. The summed E-state index contributed by atoms with van der Waals surface area (Å²) in [4.78, 5) is 11.9. The Labute approximate surface area is 135 Å². The molecule has 0 spiro atoms. The molecule has 1 unspecified atom stereocenters. The third-order valence-corrected chi connectivity index (χ3v) is 3.80. The normalized spacial score (nSPS) is 12.3. The zero-order valence-electron chi connectivity index (χ0n) is 14.1. The van der Waals surface area contributed by atoms with E-state index in [1.54, 1.807) is 16.8 Å². The van der Waals surface area contributed by atoms with Crippen molar-refractivity contribution in [3.63, 3.8) is 0 Å². The molecule has 0 fully saturated rings. The Morgan fingerprint density at radius 1 is 1.22 bits per heavy atom. The maximum absolute atomic E-state index is 14.3. The van der Waals surface area contributed by atoms with Crippen molar-refractivity contribution in [1.29, 1.82) is 0 Å². The highest BCUT2D eigenvalue weighted by Crippen LogP contribution is 2.20. The van der Waals surface area contributed by atoms with Gasteiger partial charge in [0.15, 0.2) is 5.82 Å². The van der Waals surface area contributed by atoms with Crippen molar-refractivity contribution in [3.8, 4) is 5.69 Å². The van der Waals surface area contributed by atoms with Gasteiger partial charge in [-0.05, 0) is 51.0 Å². The van der Waals surface area contributed by atoms with Crippen LogP contribution in [0.2, 0.25) is 0 Å². The summed E-state index contributed by atoms with van der Waals surface area (Å²) in [6.45, 7) is 9.70. The van der Waals surface area contributed by atoms with Crippen molar-refractivity contribution in [2.45, 2.75) is 40.7 Å². The van der Waals surface area contributed by atoms with E-state index in [9.17, 15) is 9.18 Å². The van der Waals surface area contributed by atoms with Crippen LogP contribution in [0.25, 0.3) is 5.69 Å². The van der Waals surface area contributed by atoms with Crippen molar-refractivity contribution >= 4 is 11.7 Å². The van der Waals surface area contributed by atoms with Crippen LogP contribution >= 0.6 is 0 Å². The van der Waals surface area contributed by atoms with E-state index in [1.807, 2.05) is 40.7 Å². The summed E-state index contributed by atoms with van der Waals surface area (Å²) in [5, 5.41) is 9.73. The van der Waals surface area contributed by atoms with E-state index in [1.165, 1.54) is 6.07 Å². The lowest BCUT2D eigenvalue weighted by Gasteiger charge is -2.18. The van der Waals surface area contributed by atoms with Gasteiger partial charge in [0.1, 0.15) is 5.69 Å². The van der Waals surface area contributed by atoms with Gasteiger partial charge in [0.25, 0.3) is 0 Å². The van der Waals surface area contributed by atoms with E-state index in [2.05, 4.69) is 15.7 Å². The Bertz CT molecular complexity index is 709. The molecule has 124 valence electrons. The molecule has 0 radical (unpaired) electrons. The number of benzene rings is 1. The Morgan fingerprint density at radius 2 is 1.91 bits per heavy atom. The molecule has 1 atom stereocenters. The number of halogens is 1. The third kappa shape index (κ3) is 4.09. The number of amides is 2. The Morgan fingerprint density at radius 3 is 2.43 bits per heavy atom. The second-order valence-corrected chi connectivity index (χ2v) is 6.14. The van der Waals surface area contributed by atoms with Gasteiger partial charge in [0.2, 0.25) is 0 Å². The second-order valence-electron chi connectivity index (χ2n) is 6.14. The van der Waals surface area contributed by atoms with Crippen molar-refractivity contribution in [2.75, 3.05) is 5.32 Å².